The Balaban J connectivity index is 1.99. The summed E-state index contributed by atoms with van der Waals surface area (Å²) in [4.78, 5) is 11.3. The van der Waals surface area contributed by atoms with Gasteiger partial charge in [-0.25, -0.2) is 9.18 Å². The molecule has 0 saturated heterocycles. The van der Waals surface area contributed by atoms with Crippen LogP contribution in [0.2, 0.25) is 0 Å². The Hall–Kier alpha value is -1.58. The van der Waals surface area contributed by atoms with Crippen molar-refractivity contribution in [3.8, 4) is 0 Å². The van der Waals surface area contributed by atoms with Gasteiger partial charge in [-0.3, -0.25) is 0 Å². The third kappa shape index (κ3) is 2.03. The van der Waals surface area contributed by atoms with Crippen molar-refractivity contribution in [2.75, 3.05) is 5.32 Å². The van der Waals surface area contributed by atoms with Crippen molar-refractivity contribution < 1.29 is 14.3 Å². The molecule has 1 aromatic rings. The zero-order valence-corrected chi connectivity index (χ0v) is 12.7. The molecule has 0 aliphatic heterocycles. The molecule has 1 aromatic carbocycles. The number of carbonyl (C=O) groups is 1. The predicted molar refractivity (Wildman–Crippen MR) is 80.0 cm³/mol. The summed E-state index contributed by atoms with van der Waals surface area (Å²) in [5, 5.41) is 12.5. The second-order valence-corrected chi connectivity index (χ2v) is 7.46. The molecule has 0 aromatic heterocycles. The highest BCUT2D eigenvalue weighted by molar-refractivity contribution is 5.94. The molecule has 21 heavy (non-hydrogen) atoms. The van der Waals surface area contributed by atoms with Crippen molar-refractivity contribution in [1.82, 2.24) is 0 Å². The van der Waals surface area contributed by atoms with E-state index in [9.17, 15) is 14.3 Å². The lowest BCUT2D eigenvalue weighted by Crippen LogP contribution is -2.46. The van der Waals surface area contributed by atoms with Crippen LogP contribution in [0.1, 0.15) is 50.4 Å². The van der Waals surface area contributed by atoms with E-state index in [1.807, 2.05) is 0 Å². The SMILES string of the molecule is CC12CCC(C1)C(C)(C)C2Nc1c(F)cccc1C(=O)O. The van der Waals surface area contributed by atoms with Crippen LogP contribution >= 0.6 is 0 Å². The van der Waals surface area contributed by atoms with Crippen LogP contribution in [0.5, 0.6) is 0 Å². The summed E-state index contributed by atoms with van der Waals surface area (Å²) in [6, 6.07) is 4.31. The Morgan fingerprint density at radius 1 is 1.38 bits per heavy atom. The number of rotatable bonds is 3. The maximum Gasteiger partial charge on any atom is 0.337 e. The van der Waals surface area contributed by atoms with E-state index in [1.54, 1.807) is 0 Å². The normalized spacial score (nSPS) is 33.1. The molecule has 114 valence electrons. The van der Waals surface area contributed by atoms with Gasteiger partial charge < -0.3 is 10.4 Å². The van der Waals surface area contributed by atoms with Gasteiger partial charge in [-0.05, 0) is 48.1 Å². The topological polar surface area (TPSA) is 49.3 Å². The number of halogens is 1. The number of carboxylic acids is 1. The summed E-state index contributed by atoms with van der Waals surface area (Å²) in [5.74, 6) is -0.958. The Bertz CT molecular complexity index is 594. The van der Waals surface area contributed by atoms with Gasteiger partial charge >= 0.3 is 5.97 Å². The quantitative estimate of drug-likeness (QED) is 0.879. The van der Waals surface area contributed by atoms with E-state index in [0.717, 1.165) is 12.8 Å². The summed E-state index contributed by atoms with van der Waals surface area (Å²) < 4.78 is 14.2. The number of fused-ring (bicyclic) bond motifs is 2. The van der Waals surface area contributed by atoms with Crippen LogP contribution < -0.4 is 5.32 Å². The van der Waals surface area contributed by atoms with Crippen molar-refractivity contribution in [1.29, 1.82) is 0 Å². The van der Waals surface area contributed by atoms with E-state index >= 15 is 0 Å². The lowest BCUT2D eigenvalue weighted by Gasteiger charge is -2.43. The van der Waals surface area contributed by atoms with Crippen LogP contribution in [0.15, 0.2) is 18.2 Å². The van der Waals surface area contributed by atoms with Crippen LogP contribution in [0, 0.1) is 22.6 Å². The third-order valence-electron chi connectivity index (χ3n) is 5.80. The van der Waals surface area contributed by atoms with Crippen LogP contribution in [0.3, 0.4) is 0 Å². The van der Waals surface area contributed by atoms with Gasteiger partial charge in [0.1, 0.15) is 5.82 Å². The molecule has 2 N–H and O–H groups in total. The van der Waals surface area contributed by atoms with Crippen LogP contribution in [-0.2, 0) is 0 Å². The molecule has 2 saturated carbocycles. The minimum atomic E-state index is -1.09. The van der Waals surface area contributed by atoms with Gasteiger partial charge in [0.2, 0.25) is 0 Å². The highest BCUT2D eigenvalue weighted by atomic mass is 19.1. The fourth-order valence-electron chi connectivity index (χ4n) is 4.66. The first-order valence-electron chi connectivity index (χ1n) is 7.54. The van der Waals surface area contributed by atoms with Crippen LogP contribution in [0.25, 0.3) is 0 Å². The predicted octanol–water partition coefficient (Wildman–Crippen LogP) is 4.15. The molecular formula is C17H22FNO2. The molecule has 3 nitrogen and oxygen atoms in total. The number of hydrogen-bond acceptors (Lipinski definition) is 2. The Kier molecular flexibility index (Phi) is 3.05. The van der Waals surface area contributed by atoms with E-state index in [4.69, 9.17) is 0 Å². The van der Waals surface area contributed by atoms with Gasteiger partial charge in [0.25, 0.3) is 0 Å². The molecule has 0 spiro atoms. The molecule has 3 rings (SSSR count). The molecule has 2 aliphatic carbocycles. The van der Waals surface area contributed by atoms with Crippen molar-refractivity contribution in [3.05, 3.63) is 29.6 Å². The Morgan fingerprint density at radius 2 is 2.10 bits per heavy atom. The van der Waals surface area contributed by atoms with Gasteiger partial charge in [-0.1, -0.05) is 26.8 Å². The van der Waals surface area contributed by atoms with Gasteiger partial charge in [0.05, 0.1) is 11.3 Å². The molecule has 0 amide bonds. The zero-order chi connectivity index (χ0) is 15.4. The number of hydrogen-bond donors (Lipinski definition) is 2. The first-order valence-corrected chi connectivity index (χ1v) is 7.54. The van der Waals surface area contributed by atoms with E-state index in [2.05, 4.69) is 26.1 Å². The van der Waals surface area contributed by atoms with Crippen LogP contribution in [0.4, 0.5) is 10.1 Å². The fraction of sp³-hybridized carbons (Fsp3) is 0.588. The third-order valence-corrected chi connectivity index (χ3v) is 5.80. The number of benzene rings is 1. The monoisotopic (exact) mass is 291 g/mol. The standard InChI is InChI=1S/C17H22FNO2/c1-16(2)10-7-8-17(3,9-10)15(16)19-13-11(14(20)21)5-4-6-12(13)18/h4-6,10,15,19H,7-9H2,1-3H3,(H,20,21). The number of aromatic carboxylic acids is 1. The molecular weight excluding hydrogens is 269 g/mol. The second kappa shape index (κ2) is 4.46. The van der Waals surface area contributed by atoms with E-state index < -0.39 is 11.8 Å². The van der Waals surface area contributed by atoms with E-state index in [1.165, 1.54) is 24.6 Å². The van der Waals surface area contributed by atoms with Gasteiger partial charge in [-0.15, -0.1) is 0 Å². The van der Waals surface area contributed by atoms with E-state index in [0.29, 0.717) is 5.92 Å². The highest BCUT2D eigenvalue weighted by Gasteiger charge is 2.59. The van der Waals surface area contributed by atoms with Crippen molar-refractivity contribution in [2.45, 2.75) is 46.1 Å². The molecule has 0 radical (unpaired) electrons. The molecule has 2 aliphatic rings. The van der Waals surface area contributed by atoms with Crippen LogP contribution in [-0.4, -0.2) is 17.1 Å². The Morgan fingerprint density at radius 3 is 2.67 bits per heavy atom. The lowest BCUT2D eigenvalue weighted by molar-refractivity contribution is 0.0696. The maximum atomic E-state index is 14.2. The smallest absolute Gasteiger partial charge is 0.337 e. The van der Waals surface area contributed by atoms with Crippen molar-refractivity contribution >= 4 is 11.7 Å². The molecule has 4 heteroatoms. The highest BCUT2D eigenvalue weighted by Crippen LogP contribution is 2.63. The average Bonchev–Trinajstić information content (AvgIpc) is 2.87. The van der Waals surface area contributed by atoms with Gasteiger partial charge in [0.15, 0.2) is 0 Å². The first-order chi connectivity index (χ1) is 9.75. The molecule has 2 fully saturated rings. The average molecular weight is 291 g/mol. The summed E-state index contributed by atoms with van der Waals surface area (Å²) in [7, 11) is 0. The summed E-state index contributed by atoms with van der Waals surface area (Å²) in [6.45, 7) is 6.66. The number of nitrogens with one attached hydrogen (secondary N) is 1. The molecule has 3 unspecified atom stereocenters. The molecule has 0 heterocycles. The van der Waals surface area contributed by atoms with Gasteiger partial charge in [0, 0.05) is 6.04 Å². The van der Waals surface area contributed by atoms with Crippen molar-refractivity contribution in [3.63, 3.8) is 0 Å². The molecule has 3 atom stereocenters. The maximum absolute atomic E-state index is 14.2. The van der Waals surface area contributed by atoms with Crippen molar-refractivity contribution in [2.24, 2.45) is 16.7 Å². The number of para-hydroxylation sites is 1. The second-order valence-electron chi connectivity index (χ2n) is 7.46. The van der Waals surface area contributed by atoms with Gasteiger partial charge in [-0.2, -0.15) is 0 Å². The number of carboxylic acid groups (broad SMARTS) is 1. The lowest BCUT2D eigenvalue weighted by atomic mass is 9.68. The number of anilines is 1. The minimum absolute atomic E-state index is 0.0113. The first kappa shape index (κ1) is 14.4. The van der Waals surface area contributed by atoms with E-state index in [-0.39, 0.29) is 28.1 Å². The zero-order valence-electron chi connectivity index (χ0n) is 12.7. The largest absolute Gasteiger partial charge is 0.478 e. The summed E-state index contributed by atoms with van der Waals surface area (Å²) >= 11 is 0. The Labute approximate surface area is 124 Å². The summed E-state index contributed by atoms with van der Waals surface area (Å²) in [5.41, 5.74) is 0.311. The summed E-state index contributed by atoms with van der Waals surface area (Å²) in [6.07, 6.45) is 3.47. The minimum Gasteiger partial charge on any atom is -0.478 e. The molecule has 2 bridgehead atoms. The fourth-order valence-corrected chi connectivity index (χ4v) is 4.66.